The van der Waals surface area contributed by atoms with E-state index in [1.165, 1.54) is 30.6 Å². The molecule has 1 aromatic heterocycles. The molecule has 0 fully saturated rings. The fraction of sp³-hybridized carbons (Fsp3) is 0.167. The third kappa shape index (κ3) is 2.37. The van der Waals surface area contributed by atoms with Gasteiger partial charge >= 0.3 is 5.97 Å². The second kappa shape index (κ2) is 5.04. The van der Waals surface area contributed by atoms with Gasteiger partial charge < -0.3 is 4.74 Å². The van der Waals surface area contributed by atoms with E-state index in [1.54, 1.807) is 13.0 Å². The van der Waals surface area contributed by atoms with Crippen LogP contribution < -0.4 is 0 Å². The lowest BCUT2D eigenvalue weighted by Gasteiger charge is -2.02. The lowest BCUT2D eigenvalue weighted by atomic mass is 10.1. The van der Waals surface area contributed by atoms with Crippen LogP contribution in [0.25, 0.3) is 10.4 Å². The summed E-state index contributed by atoms with van der Waals surface area (Å²) >= 11 is 6.93. The minimum atomic E-state index is -0.537. The van der Waals surface area contributed by atoms with E-state index in [1.807, 2.05) is 0 Å². The van der Waals surface area contributed by atoms with Gasteiger partial charge in [0.1, 0.15) is 5.82 Å². The molecule has 0 unspecified atom stereocenters. The molecule has 0 atom stereocenters. The molecule has 0 aliphatic heterocycles. The van der Waals surface area contributed by atoms with Gasteiger partial charge in [-0.15, -0.1) is 11.3 Å². The van der Waals surface area contributed by atoms with Crippen molar-refractivity contribution in [3.8, 4) is 10.4 Å². The molecule has 3 nitrogen and oxygen atoms in total. The van der Waals surface area contributed by atoms with Crippen molar-refractivity contribution in [2.24, 2.45) is 0 Å². The van der Waals surface area contributed by atoms with Gasteiger partial charge in [-0.3, -0.25) is 0 Å². The molecule has 6 heteroatoms. The number of hydrogen-bond donors (Lipinski definition) is 0. The molecule has 0 saturated heterocycles. The Morgan fingerprint density at radius 3 is 2.83 bits per heavy atom. The number of benzene rings is 1. The van der Waals surface area contributed by atoms with E-state index in [0.717, 1.165) is 0 Å². The largest absolute Gasteiger partial charge is 0.464 e. The highest BCUT2D eigenvalue weighted by molar-refractivity contribution is 7.15. The smallest absolute Gasteiger partial charge is 0.358 e. The Bertz CT molecular complexity index is 612. The summed E-state index contributed by atoms with van der Waals surface area (Å²) in [5.41, 5.74) is 0.754. The Hall–Kier alpha value is -1.46. The number of rotatable bonds is 2. The highest BCUT2D eigenvalue weighted by Gasteiger charge is 2.19. The fourth-order valence-electron chi connectivity index (χ4n) is 1.50. The van der Waals surface area contributed by atoms with Crippen molar-refractivity contribution in [1.82, 2.24) is 4.98 Å². The normalized spacial score (nSPS) is 10.4. The summed E-state index contributed by atoms with van der Waals surface area (Å²) in [6.45, 7) is 1.77. The van der Waals surface area contributed by atoms with E-state index in [2.05, 4.69) is 9.72 Å². The van der Waals surface area contributed by atoms with Crippen LogP contribution in [0.1, 0.15) is 15.5 Å². The minimum Gasteiger partial charge on any atom is -0.464 e. The van der Waals surface area contributed by atoms with Gasteiger partial charge in [-0.2, -0.15) is 0 Å². The molecule has 0 amide bonds. The number of esters is 1. The predicted molar refractivity (Wildman–Crippen MR) is 68.6 cm³/mol. The number of halogens is 2. The first kappa shape index (κ1) is 13.0. The van der Waals surface area contributed by atoms with Crippen LogP contribution in [-0.4, -0.2) is 18.1 Å². The van der Waals surface area contributed by atoms with E-state index >= 15 is 0 Å². The topological polar surface area (TPSA) is 39.2 Å². The van der Waals surface area contributed by atoms with Gasteiger partial charge in [0.2, 0.25) is 0 Å². The van der Waals surface area contributed by atoms with Gasteiger partial charge in [0.05, 0.1) is 22.0 Å². The number of aryl methyl sites for hydroxylation is 1. The number of carbonyl (C=O) groups excluding carboxylic acids is 1. The van der Waals surface area contributed by atoms with Crippen molar-refractivity contribution in [3.63, 3.8) is 0 Å². The van der Waals surface area contributed by atoms with E-state index in [4.69, 9.17) is 11.6 Å². The van der Waals surface area contributed by atoms with E-state index in [-0.39, 0.29) is 10.7 Å². The number of nitrogens with zero attached hydrogens (tertiary/aromatic N) is 1. The fourth-order valence-corrected chi connectivity index (χ4v) is 2.52. The molecule has 1 heterocycles. The average Bonchev–Trinajstić information content (AvgIpc) is 2.74. The minimum absolute atomic E-state index is 0.0413. The Balaban J connectivity index is 2.56. The first-order valence-corrected chi connectivity index (χ1v) is 6.23. The maximum Gasteiger partial charge on any atom is 0.358 e. The third-order valence-corrected chi connectivity index (χ3v) is 3.62. The third-order valence-electron chi connectivity index (χ3n) is 2.29. The van der Waals surface area contributed by atoms with Crippen LogP contribution in [0.15, 0.2) is 18.2 Å². The zero-order valence-corrected chi connectivity index (χ0v) is 11.2. The summed E-state index contributed by atoms with van der Waals surface area (Å²) < 4.78 is 18.1. The molecule has 1 aromatic carbocycles. The number of aromatic nitrogens is 1. The molecule has 0 spiro atoms. The monoisotopic (exact) mass is 285 g/mol. The molecule has 0 saturated carbocycles. The van der Waals surface area contributed by atoms with E-state index in [9.17, 15) is 9.18 Å². The summed E-state index contributed by atoms with van der Waals surface area (Å²) in [6.07, 6.45) is 0. The first-order chi connectivity index (χ1) is 8.52. The van der Waals surface area contributed by atoms with Gasteiger partial charge in [0.15, 0.2) is 5.69 Å². The molecule has 94 valence electrons. The van der Waals surface area contributed by atoms with Gasteiger partial charge in [0, 0.05) is 0 Å². The molecule has 0 aliphatic carbocycles. The zero-order chi connectivity index (χ0) is 13.3. The lowest BCUT2D eigenvalue weighted by molar-refractivity contribution is 0.0595. The maximum absolute atomic E-state index is 13.4. The van der Waals surface area contributed by atoms with Crippen molar-refractivity contribution in [1.29, 1.82) is 0 Å². The summed E-state index contributed by atoms with van der Waals surface area (Å²) in [7, 11) is 1.28. The molecule has 2 rings (SSSR count). The van der Waals surface area contributed by atoms with Crippen LogP contribution in [0.3, 0.4) is 0 Å². The molecule has 2 aromatic rings. The summed E-state index contributed by atoms with van der Waals surface area (Å²) in [5, 5.41) is 0.750. The standard InChI is InChI=1S/C12H9ClFNO2S/c1-6-15-10(12(16)17-2)11(18-6)7-3-4-8(13)9(14)5-7/h3-5H,1-2H3. The Morgan fingerprint density at radius 2 is 2.22 bits per heavy atom. The number of methoxy groups -OCH3 is 1. The van der Waals surface area contributed by atoms with Crippen molar-refractivity contribution >= 4 is 28.9 Å². The molecule has 0 aliphatic rings. The van der Waals surface area contributed by atoms with Crippen molar-refractivity contribution in [2.45, 2.75) is 6.92 Å². The SMILES string of the molecule is COC(=O)c1nc(C)sc1-c1ccc(Cl)c(F)c1. The highest BCUT2D eigenvalue weighted by atomic mass is 35.5. The Labute approximate surface area is 112 Å². The Morgan fingerprint density at radius 1 is 1.50 bits per heavy atom. The second-order valence-corrected chi connectivity index (χ2v) is 5.14. The van der Waals surface area contributed by atoms with Crippen LogP contribution in [0, 0.1) is 12.7 Å². The average molecular weight is 286 g/mol. The van der Waals surface area contributed by atoms with Crippen molar-refractivity contribution in [2.75, 3.05) is 7.11 Å². The van der Waals surface area contributed by atoms with Crippen LogP contribution in [0.5, 0.6) is 0 Å². The summed E-state index contributed by atoms with van der Waals surface area (Å²) in [5.74, 6) is -1.07. The zero-order valence-electron chi connectivity index (χ0n) is 9.66. The van der Waals surface area contributed by atoms with Crippen LogP contribution in [0.2, 0.25) is 5.02 Å². The van der Waals surface area contributed by atoms with Gasteiger partial charge in [-0.05, 0) is 24.6 Å². The highest BCUT2D eigenvalue weighted by Crippen LogP contribution is 2.32. The number of ether oxygens (including phenoxy) is 1. The number of hydrogen-bond acceptors (Lipinski definition) is 4. The number of thiazole rings is 1. The van der Waals surface area contributed by atoms with Crippen LogP contribution in [-0.2, 0) is 4.74 Å². The molecule has 0 radical (unpaired) electrons. The summed E-state index contributed by atoms with van der Waals surface area (Å²) in [4.78, 5) is 16.3. The van der Waals surface area contributed by atoms with Gasteiger partial charge in [0.25, 0.3) is 0 Å². The quantitative estimate of drug-likeness (QED) is 0.790. The Kier molecular flexibility index (Phi) is 3.63. The van der Waals surface area contributed by atoms with Gasteiger partial charge in [-0.25, -0.2) is 14.2 Å². The van der Waals surface area contributed by atoms with E-state index < -0.39 is 11.8 Å². The molecule has 0 bridgehead atoms. The van der Waals surface area contributed by atoms with Crippen molar-refractivity contribution < 1.29 is 13.9 Å². The van der Waals surface area contributed by atoms with Crippen LogP contribution >= 0.6 is 22.9 Å². The van der Waals surface area contributed by atoms with E-state index in [0.29, 0.717) is 15.4 Å². The van der Waals surface area contributed by atoms with Gasteiger partial charge in [-0.1, -0.05) is 17.7 Å². The van der Waals surface area contributed by atoms with Crippen LogP contribution in [0.4, 0.5) is 4.39 Å². The molecule has 18 heavy (non-hydrogen) atoms. The molecular formula is C12H9ClFNO2S. The second-order valence-electron chi connectivity index (χ2n) is 3.53. The first-order valence-electron chi connectivity index (χ1n) is 5.04. The number of carbonyl (C=O) groups is 1. The molecular weight excluding hydrogens is 277 g/mol. The molecule has 0 N–H and O–H groups in total. The lowest BCUT2D eigenvalue weighted by Crippen LogP contribution is -2.03. The predicted octanol–water partition coefficient (Wildman–Crippen LogP) is 3.70. The van der Waals surface area contributed by atoms with Crippen molar-refractivity contribution in [3.05, 3.63) is 39.7 Å². The maximum atomic E-state index is 13.4. The summed E-state index contributed by atoms with van der Waals surface area (Å²) in [6, 6.07) is 4.37.